The van der Waals surface area contributed by atoms with E-state index in [1.807, 2.05) is 12.1 Å². The maximum atomic E-state index is 12.2. The zero-order valence-electron chi connectivity index (χ0n) is 12.2. The fourth-order valence-corrected chi connectivity index (χ4v) is 2.92. The molecule has 0 fully saturated rings. The maximum absolute atomic E-state index is 12.2. The average molecular weight is 313 g/mol. The lowest BCUT2D eigenvalue weighted by Crippen LogP contribution is -2.20. The molecule has 2 aromatic carbocycles. The van der Waals surface area contributed by atoms with Crippen LogP contribution < -0.4 is 5.43 Å². The molecule has 1 amide bonds. The van der Waals surface area contributed by atoms with Gasteiger partial charge in [-0.2, -0.15) is 5.10 Å². The summed E-state index contributed by atoms with van der Waals surface area (Å²) < 4.78 is 0. The van der Waals surface area contributed by atoms with E-state index in [0.717, 1.165) is 37.0 Å². The highest BCUT2D eigenvalue weighted by atomic mass is 35.5. The van der Waals surface area contributed by atoms with E-state index in [9.17, 15) is 4.79 Å². The molecule has 3 rings (SSSR count). The molecule has 1 aliphatic rings. The number of carbonyl (C=O) groups excluding carboxylic acids is 1. The third kappa shape index (κ3) is 3.20. The third-order valence-corrected chi connectivity index (χ3v) is 4.18. The number of rotatable bonds is 2. The molecule has 0 aromatic heterocycles. The van der Waals surface area contributed by atoms with Crippen LogP contribution in [-0.2, 0) is 6.42 Å². The van der Waals surface area contributed by atoms with Gasteiger partial charge < -0.3 is 0 Å². The number of carbonyl (C=O) groups is 1. The van der Waals surface area contributed by atoms with Gasteiger partial charge in [-0.1, -0.05) is 48.0 Å². The molecule has 112 valence electrons. The van der Waals surface area contributed by atoms with E-state index in [-0.39, 0.29) is 5.91 Å². The first-order valence-corrected chi connectivity index (χ1v) is 7.83. The Labute approximate surface area is 135 Å². The lowest BCUT2D eigenvalue weighted by Gasteiger charge is -2.08. The second-order valence-corrected chi connectivity index (χ2v) is 5.75. The highest BCUT2D eigenvalue weighted by Crippen LogP contribution is 2.21. The predicted molar refractivity (Wildman–Crippen MR) is 89.5 cm³/mol. The van der Waals surface area contributed by atoms with E-state index in [4.69, 9.17) is 11.6 Å². The summed E-state index contributed by atoms with van der Waals surface area (Å²) in [5.41, 5.74) is 6.46. The van der Waals surface area contributed by atoms with Gasteiger partial charge >= 0.3 is 0 Å². The number of nitrogens with one attached hydrogen (secondary N) is 1. The second-order valence-electron chi connectivity index (χ2n) is 5.34. The van der Waals surface area contributed by atoms with E-state index in [0.29, 0.717) is 10.6 Å². The van der Waals surface area contributed by atoms with Crippen LogP contribution in [-0.4, -0.2) is 11.6 Å². The molecule has 4 heteroatoms. The van der Waals surface area contributed by atoms with Gasteiger partial charge in [-0.15, -0.1) is 0 Å². The molecule has 0 heterocycles. The Morgan fingerprint density at radius 1 is 1.00 bits per heavy atom. The summed E-state index contributed by atoms with van der Waals surface area (Å²) in [4.78, 5) is 12.2. The van der Waals surface area contributed by atoms with Crippen molar-refractivity contribution in [3.8, 4) is 0 Å². The van der Waals surface area contributed by atoms with Crippen molar-refractivity contribution in [3.63, 3.8) is 0 Å². The van der Waals surface area contributed by atoms with Gasteiger partial charge in [0.15, 0.2) is 0 Å². The van der Waals surface area contributed by atoms with Gasteiger partial charge in [0, 0.05) is 5.56 Å². The lowest BCUT2D eigenvalue weighted by molar-refractivity contribution is 0.0955. The van der Waals surface area contributed by atoms with Crippen LogP contribution in [0.15, 0.2) is 53.6 Å². The molecule has 0 spiro atoms. The summed E-state index contributed by atoms with van der Waals surface area (Å²) in [6.45, 7) is 0. The van der Waals surface area contributed by atoms with Gasteiger partial charge in [-0.3, -0.25) is 4.79 Å². The normalized spacial score (nSPS) is 16.0. The Morgan fingerprint density at radius 2 is 1.73 bits per heavy atom. The van der Waals surface area contributed by atoms with Crippen LogP contribution in [0.4, 0.5) is 0 Å². The average Bonchev–Trinajstić information content (AvgIpc) is 2.75. The fraction of sp³-hybridized carbons (Fsp3) is 0.222. The summed E-state index contributed by atoms with van der Waals surface area (Å²) in [5.74, 6) is -0.278. The number of amides is 1. The number of hydrazone groups is 1. The van der Waals surface area contributed by atoms with E-state index >= 15 is 0 Å². The minimum Gasteiger partial charge on any atom is -0.267 e. The molecule has 1 aliphatic carbocycles. The number of hydrogen-bond donors (Lipinski definition) is 1. The quantitative estimate of drug-likeness (QED) is 0.655. The van der Waals surface area contributed by atoms with Crippen molar-refractivity contribution in [2.24, 2.45) is 5.10 Å². The fourth-order valence-electron chi connectivity index (χ4n) is 2.70. The number of fused-ring (bicyclic) bond motifs is 1. The van der Waals surface area contributed by atoms with Gasteiger partial charge in [-0.25, -0.2) is 5.43 Å². The Bertz CT molecular complexity index is 725. The number of aryl methyl sites for hydroxylation is 1. The molecule has 22 heavy (non-hydrogen) atoms. The number of halogens is 1. The van der Waals surface area contributed by atoms with Crippen molar-refractivity contribution in [1.29, 1.82) is 0 Å². The van der Waals surface area contributed by atoms with Crippen LogP contribution in [0.2, 0.25) is 5.02 Å². The van der Waals surface area contributed by atoms with Crippen molar-refractivity contribution < 1.29 is 4.79 Å². The highest BCUT2D eigenvalue weighted by molar-refractivity contribution is 6.33. The molecule has 0 bridgehead atoms. The first kappa shape index (κ1) is 14.8. The van der Waals surface area contributed by atoms with Crippen molar-refractivity contribution in [1.82, 2.24) is 5.43 Å². The third-order valence-electron chi connectivity index (χ3n) is 3.85. The molecule has 3 nitrogen and oxygen atoms in total. The Hall–Kier alpha value is -2.13. The summed E-state index contributed by atoms with van der Waals surface area (Å²) >= 11 is 6.04. The Kier molecular flexibility index (Phi) is 4.54. The number of benzene rings is 2. The van der Waals surface area contributed by atoms with Gasteiger partial charge in [-0.05, 0) is 43.4 Å². The van der Waals surface area contributed by atoms with E-state index in [2.05, 4.69) is 22.7 Å². The Morgan fingerprint density at radius 3 is 2.59 bits per heavy atom. The van der Waals surface area contributed by atoms with Gasteiger partial charge in [0.25, 0.3) is 5.91 Å². The first-order chi connectivity index (χ1) is 10.8. The predicted octanol–water partition coefficient (Wildman–Crippen LogP) is 4.20. The monoisotopic (exact) mass is 312 g/mol. The standard InChI is InChI=1S/C18H17ClN2O/c19-16-11-5-4-10-15(16)18(22)21-20-17-12-6-2-8-13-7-1-3-9-14(13)17/h1,3-5,7,9-11H,2,6,8,12H2,(H,21,22)/b20-17-. The molecule has 0 unspecified atom stereocenters. The van der Waals surface area contributed by atoms with E-state index in [1.54, 1.807) is 24.3 Å². The molecular formula is C18H17ClN2O. The van der Waals surface area contributed by atoms with Crippen molar-refractivity contribution in [2.75, 3.05) is 0 Å². The zero-order chi connectivity index (χ0) is 15.4. The SMILES string of the molecule is O=C(N/N=C1/CCCCc2ccccc21)c1ccccc1Cl. The van der Waals surface area contributed by atoms with E-state index < -0.39 is 0 Å². The molecule has 2 aromatic rings. The van der Waals surface area contributed by atoms with Crippen LogP contribution in [0.1, 0.15) is 40.7 Å². The molecule has 0 atom stereocenters. The Balaban J connectivity index is 1.84. The minimum absolute atomic E-state index is 0.278. The van der Waals surface area contributed by atoms with Crippen molar-refractivity contribution in [2.45, 2.75) is 25.7 Å². The molecule has 0 radical (unpaired) electrons. The second kappa shape index (κ2) is 6.75. The zero-order valence-corrected chi connectivity index (χ0v) is 12.9. The highest BCUT2D eigenvalue weighted by Gasteiger charge is 2.14. The van der Waals surface area contributed by atoms with Gasteiger partial charge in [0.05, 0.1) is 16.3 Å². The van der Waals surface area contributed by atoms with Crippen LogP contribution in [0.3, 0.4) is 0 Å². The molecule has 1 N–H and O–H groups in total. The van der Waals surface area contributed by atoms with Crippen molar-refractivity contribution >= 4 is 23.2 Å². The van der Waals surface area contributed by atoms with E-state index in [1.165, 1.54) is 5.56 Å². The van der Waals surface area contributed by atoms with Crippen LogP contribution in [0, 0.1) is 0 Å². The smallest absolute Gasteiger partial charge is 0.267 e. The lowest BCUT2D eigenvalue weighted by atomic mass is 10.0. The minimum atomic E-state index is -0.278. The topological polar surface area (TPSA) is 41.5 Å². The van der Waals surface area contributed by atoms with Gasteiger partial charge in [0.1, 0.15) is 0 Å². The van der Waals surface area contributed by atoms with Gasteiger partial charge in [0.2, 0.25) is 0 Å². The number of hydrogen-bond acceptors (Lipinski definition) is 2. The van der Waals surface area contributed by atoms with Crippen LogP contribution in [0.25, 0.3) is 0 Å². The summed E-state index contributed by atoms with van der Waals surface area (Å²) in [6, 6.07) is 15.2. The maximum Gasteiger partial charge on any atom is 0.272 e. The summed E-state index contributed by atoms with van der Waals surface area (Å²) in [7, 11) is 0. The largest absolute Gasteiger partial charge is 0.272 e. The van der Waals surface area contributed by atoms with Crippen molar-refractivity contribution in [3.05, 3.63) is 70.2 Å². The molecule has 0 saturated heterocycles. The summed E-state index contributed by atoms with van der Waals surface area (Å²) in [5, 5.41) is 4.79. The molecule has 0 aliphatic heterocycles. The first-order valence-electron chi connectivity index (χ1n) is 7.45. The summed E-state index contributed by atoms with van der Waals surface area (Å²) in [6.07, 6.45) is 4.16. The van der Waals surface area contributed by atoms with Crippen LogP contribution in [0.5, 0.6) is 0 Å². The molecule has 0 saturated carbocycles. The van der Waals surface area contributed by atoms with Crippen LogP contribution >= 0.6 is 11.6 Å². The molecular weight excluding hydrogens is 296 g/mol. The number of nitrogens with zero attached hydrogens (tertiary/aromatic N) is 1.